The van der Waals surface area contributed by atoms with Gasteiger partial charge >= 0.3 is 0 Å². The summed E-state index contributed by atoms with van der Waals surface area (Å²) < 4.78 is 27.4. The van der Waals surface area contributed by atoms with Crippen molar-refractivity contribution in [3.63, 3.8) is 0 Å². The molecule has 0 aliphatic carbocycles. The Morgan fingerprint density at radius 1 is 1.19 bits per heavy atom. The number of aryl methyl sites for hydroxylation is 1. The van der Waals surface area contributed by atoms with Crippen LogP contribution in [0.1, 0.15) is 31.9 Å². The van der Waals surface area contributed by atoms with E-state index in [0.29, 0.717) is 6.54 Å². The second-order valence-corrected chi connectivity index (χ2v) is 7.83. The minimum absolute atomic E-state index is 0.305. The van der Waals surface area contributed by atoms with Crippen molar-refractivity contribution in [3.8, 4) is 11.3 Å². The van der Waals surface area contributed by atoms with Gasteiger partial charge < -0.3 is 4.57 Å². The highest BCUT2D eigenvalue weighted by Gasteiger charge is 2.10. The maximum atomic E-state index is 13.6. The number of nitrogens with zero attached hydrogens (tertiary/aromatic N) is 1. The lowest BCUT2D eigenvalue weighted by atomic mass is 10.1. The molecule has 0 radical (unpaired) electrons. The van der Waals surface area contributed by atoms with Crippen LogP contribution in [0.3, 0.4) is 0 Å². The molecule has 0 bridgehead atoms. The van der Waals surface area contributed by atoms with E-state index in [0.717, 1.165) is 29.0 Å². The smallest absolute Gasteiger partial charge is 0.122 e. The summed E-state index contributed by atoms with van der Waals surface area (Å²) >= 11 is 0. The Balaban J connectivity index is 2.31. The highest BCUT2D eigenvalue weighted by atomic mass is 32.2. The minimum Gasteiger partial charge on any atom is -0.341 e. The van der Waals surface area contributed by atoms with E-state index >= 15 is 0 Å². The maximum absolute atomic E-state index is 13.6. The van der Waals surface area contributed by atoms with Gasteiger partial charge in [0.25, 0.3) is 0 Å². The molecule has 0 spiro atoms. The first-order valence-electron chi connectivity index (χ1n) is 9.33. The van der Waals surface area contributed by atoms with Crippen LogP contribution in [-0.2, 0) is 23.8 Å². The Morgan fingerprint density at radius 3 is 2.56 bits per heavy atom. The number of hydrogen-bond acceptors (Lipinski definition) is 1. The van der Waals surface area contributed by atoms with Gasteiger partial charge in [0.15, 0.2) is 0 Å². The van der Waals surface area contributed by atoms with Crippen LogP contribution in [0.15, 0.2) is 78.0 Å². The molecule has 2 aromatic rings. The number of hydrogen-bond donors (Lipinski definition) is 0. The highest BCUT2D eigenvalue weighted by Crippen LogP contribution is 2.25. The van der Waals surface area contributed by atoms with E-state index in [-0.39, 0.29) is 5.83 Å². The fraction of sp³-hybridized carbons (Fsp3) is 0.304. The van der Waals surface area contributed by atoms with Gasteiger partial charge in [0.05, 0.1) is 0 Å². The molecule has 2 nitrogen and oxygen atoms in total. The van der Waals surface area contributed by atoms with Gasteiger partial charge in [-0.1, -0.05) is 50.6 Å². The number of rotatable bonds is 10. The monoisotopic (exact) mass is 385 g/mol. The third kappa shape index (κ3) is 6.17. The van der Waals surface area contributed by atoms with Gasteiger partial charge in [0.2, 0.25) is 0 Å². The van der Waals surface area contributed by atoms with Gasteiger partial charge in [0.1, 0.15) is 5.83 Å². The van der Waals surface area contributed by atoms with Crippen molar-refractivity contribution in [2.45, 2.75) is 44.0 Å². The topological polar surface area (TPSA) is 22.0 Å². The molecule has 0 fully saturated rings. The Labute approximate surface area is 164 Å². The molecule has 144 valence electrons. The molecule has 1 atom stereocenters. The Kier molecular flexibility index (Phi) is 8.46. The first-order valence-corrected chi connectivity index (χ1v) is 10.9. The maximum Gasteiger partial charge on any atom is 0.122 e. The van der Waals surface area contributed by atoms with Gasteiger partial charge in [-0.05, 0) is 54.8 Å². The lowest BCUT2D eigenvalue weighted by Gasteiger charge is -2.12. The SMILES string of the molecule is C=C/C=C(F)\C=C/Cn1c(CCCCC)ccc1-c1ccc(S(C)=O)cc1. The summed E-state index contributed by atoms with van der Waals surface area (Å²) in [5, 5.41) is 0. The van der Waals surface area contributed by atoms with Gasteiger partial charge in [-0.3, -0.25) is 4.21 Å². The van der Waals surface area contributed by atoms with Crippen molar-refractivity contribution < 1.29 is 8.60 Å². The first kappa shape index (κ1) is 21.1. The van der Waals surface area contributed by atoms with Crippen LogP contribution in [-0.4, -0.2) is 15.0 Å². The summed E-state index contributed by atoms with van der Waals surface area (Å²) in [5.74, 6) is -0.305. The molecule has 1 aromatic carbocycles. The van der Waals surface area contributed by atoms with Crippen LogP contribution in [0, 0.1) is 0 Å². The Morgan fingerprint density at radius 2 is 1.93 bits per heavy atom. The van der Waals surface area contributed by atoms with Gasteiger partial charge in [0, 0.05) is 39.9 Å². The largest absolute Gasteiger partial charge is 0.341 e. The molecule has 1 unspecified atom stereocenters. The van der Waals surface area contributed by atoms with Crippen molar-refractivity contribution in [1.82, 2.24) is 4.57 Å². The zero-order valence-electron chi connectivity index (χ0n) is 16.2. The summed E-state index contributed by atoms with van der Waals surface area (Å²) in [6.07, 6.45) is 12.3. The van der Waals surface area contributed by atoms with Crippen molar-refractivity contribution in [2.24, 2.45) is 0 Å². The molecule has 0 aliphatic rings. The molecule has 27 heavy (non-hydrogen) atoms. The van der Waals surface area contributed by atoms with Crippen LogP contribution in [0.2, 0.25) is 0 Å². The van der Waals surface area contributed by atoms with E-state index in [2.05, 4.69) is 30.2 Å². The molecule has 1 heterocycles. The van der Waals surface area contributed by atoms with Gasteiger partial charge in [-0.2, -0.15) is 0 Å². The fourth-order valence-electron chi connectivity index (χ4n) is 3.01. The van der Waals surface area contributed by atoms with Crippen molar-refractivity contribution >= 4 is 10.8 Å². The first-order chi connectivity index (χ1) is 13.1. The zero-order valence-corrected chi connectivity index (χ0v) is 17.0. The van der Waals surface area contributed by atoms with Crippen molar-refractivity contribution in [1.29, 1.82) is 0 Å². The minimum atomic E-state index is -0.985. The predicted octanol–water partition coefficient (Wildman–Crippen LogP) is 6.22. The van der Waals surface area contributed by atoms with Crippen LogP contribution < -0.4 is 0 Å². The second-order valence-electron chi connectivity index (χ2n) is 6.45. The lowest BCUT2D eigenvalue weighted by molar-refractivity contribution is 0.659. The number of benzene rings is 1. The third-order valence-electron chi connectivity index (χ3n) is 4.43. The van der Waals surface area contributed by atoms with E-state index in [4.69, 9.17) is 0 Å². The molecule has 0 aliphatic heterocycles. The quantitative estimate of drug-likeness (QED) is 0.351. The summed E-state index contributed by atoms with van der Waals surface area (Å²) in [7, 11) is -0.985. The van der Waals surface area contributed by atoms with E-state index in [9.17, 15) is 8.60 Å². The zero-order chi connectivity index (χ0) is 19.6. The summed E-state index contributed by atoms with van der Waals surface area (Å²) in [5.41, 5.74) is 3.41. The van der Waals surface area contributed by atoms with Crippen molar-refractivity contribution in [3.05, 3.63) is 78.8 Å². The number of halogens is 1. The average molecular weight is 386 g/mol. The fourth-order valence-corrected chi connectivity index (χ4v) is 3.53. The van der Waals surface area contributed by atoms with Crippen LogP contribution >= 0.6 is 0 Å². The molecular formula is C23H28FNOS. The Bertz CT molecular complexity index is 831. The summed E-state index contributed by atoms with van der Waals surface area (Å²) in [6.45, 7) is 6.31. The van der Waals surface area contributed by atoms with E-state index in [1.807, 2.05) is 30.3 Å². The standard InChI is InChI=1S/C23H28FNOS/c1-4-6-7-11-21-14-17-23(19-12-15-22(16-13-19)27(3)26)25(21)18-8-10-20(24)9-5-2/h5,8-10,12-17H,2,4,6-7,11,18H2,1,3H3/b10-8-,20-9+. The summed E-state index contributed by atoms with van der Waals surface area (Å²) in [6, 6.07) is 12.1. The van der Waals surface area contributed by atoms with Crippen LogP contribution in [0.5, 0.6) is 0 Å². The average Bonchev–Trinajstić information content (AvgIpc) is 3.05. The highest BCUT2D eigenvalue weighted by molar-refractivity contribution is 7.84. The normalized spacial score (nSPS) is 13.2. The molecule has 4 heteroatoms. The third-order valence-corrected chi connectivity index (χ3v) is 5.37. The number of unbranched alkanes of at least 4 members (excludes halogenated alkanes) is 2. The second kappa shape index (κ2) is 10.8. The molecule has 0 amide bonds. The Hall–Kier alpha value is -2.20. The molecule has 0 N–H and O–H groups in total. The molecular weight excluding hydrogens is 357 g/mol. The molecule has 0 saturated heterocycles. The predicted molar refractivity (Wildman–Crippen MR) is 114 cm³/mol. The van der Waals surface area contributed by atoms with E-state index < -0.39 is 10.8 Å². The van der Waals surface area contributed by atoms with E-state index in [1.165, 1.54) is 36.8 Å². The van der Waals surface area contributed by atoms with E-state index in [1.54, 1.807) is 6.26 Å². The van der Waals surface area contributed by atoms with Crippen LogP contribution in [0.25, 0.3) is 11.3 Å². The molecule has 2 rings (SSSR count). The lowest BCUT2D eigenvalue weighted by Crippen LogP contribution is -2.04. The van der Waals surface area contributed by atoms with Crippen LogP contribution in [0.4, 0.5) is 4.39 Å². The van der Waals surface area contributed by atoms with Gasteiger partial charge in [-0.15, -0.1) is 0 Å². The van der Waals surface area contributed by atoms with Crippen molar-refractivity contribution in [2.75, 3.05) is 6.26 Å². The number of allylic oxidation sites excluding steroid dienone is 5. The molecule has 0 saturated carbocycles. The van der Waals surface area contributed by atoms with Gasteiger partial charge in [-0.25, -0.2) is 4.39 Å². The summed E-state index contributed by atoms with van der Waals surface area (Å²) in [4.78, 5) is 0.816. The number of aromatic nitrogens is 1. The molecule has 1 aromatic heterocycles.